The molecule has 0 spiro atoms. The second-order valence-corrected chi connectivity index (χ2v) is 8.02. The van der Waals surface area contributed by atoms with Gasteiger partial charge in [-0.1, -0.05) is 49.5 Å². The summed E-state index contributed by atoms with van der Waals surface area (Å²) in [4.78, 5) is 21.8. The molecule has 0 bridgehead atoms. The molecule has 3 rings (SSSR count). The number of aromatic nitrogens is 3. The minimum Gasteiger partial charge on any atom is -0.293 e. The highest BCUT2D eigenvalue weighted by atomic mass is 79.9. The molecule has 0 amide bonds. The van der Waals surface area contributed by atoms with Crippen molar-refractivity contribution in [2.24, 2.45) is 5.41 Å². The average molecular weight is 380 g/mol. The van der Waals surface area contributed by atoms with Gasteiger partial charge >= 0.3 is 0 Å². The third-order valence-electron chi connectivity index (χ3n) is 3.86. The second-order valence-electron chi connectivity index (χ2n) is 6.63. The van der Waals surface area contributed by atoms with Crippen LogP contribution in [0.5, 0.6) is 0 Å². The summed E-state index contributed by atoms with van der Waals surface area (Å²) in [6.45, 7) is 5.72. The first kappa shape index (κ1) is 15.7. The smallest absolute Gasteiger partial charge is 0.171 e. The van der Waals surface area contributed by atoms with E-state index in [2.05, 4.69) is 33.7 Å². The van der Waals surface area contributed by atoms with Gasteiger partial charge in [-0.05, 0) is 24.8 Å². The molecule has 22 heavy (non-hydrogen) atoms. The molecule has 1 aliphatic rings. The lowest BCUT2D eigenvalue weighted by Gasteiger charge is -2.15. The van der Waals surface area contributed by atoms with Crippen LogP contribution >= 0.6 is 28.7 Å². The van der Waals surface area contributed by atoms with Crippen LogP contribution in [0.15, 0.2) is 16.9 Å². The van der Waals surface area contributed by atoms with Crippen molar-refractivity contribution >= 4 is 51.3 Å². The maximum Gasteiger partial charge on any atom is 0.171 e. The third kappa shape index (κ3) is 2.63. The Morgan fingerprint density at radius 3 is 2.68 bits per heavy atom. The van der Waals surface area contributed by atoms with Gasteiger partial charge in [0, 0.05) is 16.1 Å². The number of carbonyl (C=O) groups is 1. The van der Waals surface area contributed by atoms with Crippen LogP contribution in [0.2, 0.25) is 0 Å². The van der Waals surface area contributed by atoms with Crippen LogP contribution in [0.3, 0.4) is 0 Å². The van der Waals surface area contributed by atoms with Crippen molar-refractivity contribution in [3.8, 4) is 0 Å². The van der Waals surface area contributed by atoms with Crippen LogP contribution in [0.1, 0.15) is 56.1 Å². The van der Waals surface area contributed by atoms with Crippen LogP contribution in [-0.2, 0) is 0 Å². The van der Waals surface area contributed by atoms with Gasteiger partial charge in [0.15, 0.2) is 11.4 Å². The monoisotopic (exact) mass is 379 g/mol. The molecule has 2 aromatic rings. The standard InChI is InChI=1S/C16H18BrN3OS/c1-16(2,3)14(21)10-8-20(22)15-13(10)19-12(7-18-15)9-5-4-6-11(9)17/h7-8,22H,4-6H2,1-3H3. The van der Waals surface area contributed by atoms with Crippen molar-refractivity contribution in [1.29, 1.82) is 0 Å². The zero-order valence-corrected chi connectivity index (χ0v) is 15.3. The third-order valence-corrected chi connectivity index (χ3v) is 5.04. The van der Waals surface area contributed by atoms with Gasteiger partial charge in [-0.15, -0.1) is 0 Å². The number of fused-ring (bicyclic) bond motifs is 1. The number of nitrogens with zero attached hydrogens (tertiary/aromatic N) is 3. The van der Waals surface area contributed by atoms with Crippen LogP contribution < -0.4 is 0 Å². The predicted molar refractivity (Wildman–Crippen MR) is 95.4 cm³/mol. The largest absolute Gasteiger partial charge is 0.293 e. The molecule has 2 aromatic heterocycles. The van der Waals surface area contributed by atoms with Crippen molar-refractivity contribution in [1.82, 2.24) is 13.9 Å². The van der Waals surface area contributed by atoms with Gasteiger partial charge in [0.25, 0.3) is 0 Å². The van der Waals surface area contributed by atoms with E-state index in [-0.39, 0.29) is 5.78 Å². The lowest BCUT2D eigenvalue weighted by molar-refractivity contribution is 0.0860. The molecule has 0 fully saturated rings. The van der Waals surface area contributed by atoms with Gasteiger partial charge in [0.05, 0.1) is 17.5 Å². The predicted octanol–water partition coefficient (Wildman–Crippen LogP) is 4.64. The molecular weight excluding hydrogens is 362 g/mol. The quantitative estimate of drug-likeness (QED) is 0.610. The molecule has 1 aliphatic carbocycles. The second kappa shape index (κ2) is 5.49. The summed E-state index contributed by atoms with van der Waals surface area (Å²) in [5.41, 5.74) is 3.41. The summed E-state index contributed by atoms with van der Waals surface area (Å²) in [5.74, 6) is 0.0521. The Bertz CT molecular complexity index is 802. The molecule has 0 aliphatic heterocycles. The number of rotatable bonds is 2. The summed E-state index contributed by atoms with van der Waals surface area (Å²) in [6.07, 6.45) is 6.63. The van der Waals surface area contributed by atoms with E-state index in [1.807, 2.05) is 20.8 Å². The zero-order chi connectivity index (χ0) is 16.1. The van der Waals surface area contributed by atoms with E-state index >= 15 is 0 Å². The number of hydrogen-bond donors (Lipinski definition) is 1. The van der Waals surface area contributed by atoms with E-state index < -0.39 is 5.41 Å². The number of thiol groups is 1. The van der Waals surface area contributed by atoms with Gasteiger partial charge in [-0.2, -0.15) is 0 Å². The Balaban J connectivity index is 2.19. The molecule has 6 heteroatoms. The number of hydrogen-bond acceptors (Lipinski definition) is 4. The Kier molecular flexibility index (Phi) is 3.93. The molecule has 4 nitrogen and oxygen atoms in total. The molecule has 0 saturated heterocycles. The Morgan fingerprint density at radius 2 is 2.09 bits per heavy atom. The first-order valence-corrected chi connectivity index (χ1v) is 8.48. The summed E-state index contributed by atoms with van der Waals surface area (Å²) in [5, 5.41) is 0. The van der Waals surface area contributed by atoms with Crippen LogP contribution in [0.25, 0.3) is 16.7 Å². The first-order valence-electron chi connectivity index (χ1n) is 7.29. The van der Waals surface area contributed by atoms with Gasteiger partial charge in [0.2, 0.25) is 0 Å². The van der Waals surface area contributed by atoms with E-state index in [4.69, 9.17) is 4.98 Å². The van der Waals surface area contributed by atoms with Gasteiger partial charge in [-0.3, -0.25) is 8.77 Å². The molecule has 0 unspecified atom stereocenters. The Labute approximate surface area is 143 Å². The maximum absolute atomic E-state index is 12.7. The van der Waals surface area contributed by atoms with Crippen molar-refractivity contribution < 1.29 is 4.79 Å². The molecule has 116 valence electrons. The molecule has 0 radical (unpaired) electrons. The number of ketones is 1. The minimum atomic E-state index is -0.465. The summed E-state index contributed by atoms with van der Waals surface area (Å²) < 4.78 is 2.76. The number of carbonyl (C=O) groups excluding carboxylic acids is 1. The normalized spacial score (nSPS) is 15.9. The maximum atomic E-state index is 12.7. The zero-order valence-electron chi connectivity index (χ0n) is 12.9. The molecule has 2 heterocycles. The van der Waals surface area contributed by atoms with Gasteiger partial charge in [-0.25, -0.2) is 9.97 Å². The number of Topliss-reactive ketones (excluding diaryl/α,β-unsaturated/α-hetero) is 1. The fourth-order valence-corrected chi connectivity index (χ4v) is 3.61. The van der Waals surface area contributed by atoms with E-state index in [1.165, 1.54) is 10.1 Å². The van der Waals surface area contributed by atoms with Crippen molar-refractivity contribution in [3.63, 3.8) is 0 Å². The summed E-state index contributed by atoms with van der Waals surface area (Å²) in [6, 6.07) is 0. The van der Waals surface area contributed by atoms with Gasteiger partial charge in [0.1, 0.15) is 5.52 Å². The average Bonchev–Trinajstić information content (AvgIpc) is 3.01. The molecule has 0 atom stereocenters. The fourth-order valence-electron chi connectivity index (χ4n) is 2.67. The molecule has 0 aromatic carbocycles. The van der Waals surface area contributed by atoms with E-state index in [1.54, 1.807) is 16.4 Å². The first-order chi connectivity index (χ1) is 10.3. The lowest BCUT2D eigenvalue weighted by Crippen LogP contribution is -2.20. The van der Waals surface area contributed by atoms with E-state index in [0.717, 1.165) is 25.0 Å². The SMILES string of the molecule is CC(C)(C)C(=O)c1cn(S)c2ncc(C3=C(Br)CCC3)nc12. The molecule has 0 N–H and O–H groups in total. The van der Waals surface area contributed by atoms with Crippen LogP contribution in [0.4, 0.5) is 0 Å². The highest BCUT2D eigenvalue weighted by Gasteiger charge is 2.28. The van der Waals surface area contributed by atoms with Crippen LogP contribution in [-0.4, -0.2) is 19.7 Å². The van der Waals surface area contributed by atoms with Crippen LogP contribution in [0, 0.1) is 5.41 Å². The number of allylic oxidation sites excluding steroid dienone is 2. The van der Waals surface area contributed by atoms with E-state index in [9.17, 15) is 4.79 Å². The fraction of sp³-hybridized carbons (Fsp3) is 0.438. The summed E-state index contributed by atoms with van der Waals surface area (Å²) in [7, 11) is 0. The highest BCUT2D eigenvalue weighted by molar-refractivity contribution is 9.11. The highest BCUT2D eigenvalue weighted by Crippen LogP contribution is 2.37. The lowest BCUT2D eigenvalue weighted by atomic mass is 9.87. The summed E-state index contributed by atoms with van der Waals surface area (Å²) >= 11 is 7.98. The van der Waals surface area contributed by atoms with Gasteiger partial charge < -0.3 is 0 Å². The van der Waals surface area contributed by atoms with E-state index in [0.29, 0.717) is 16.7 Å². The van der Waals surface area contributed by atoms with Crippen molar-refractivity contribution in [2.75, 3.05) is 0 Å². The topological polar surface area (TPSA) is 47.8 Å². The number of halogens is 1. The van der Waals surface area contributed by atoms with Crippen molar-refractivity contribution in [2.45, 2.75) is 40.0 Å². The minimum absolute atomic E-state index is 0.0521. The molecular formula is C16H18BrN3OS. The van der Waals surface area contributed by atoms with Crippen molar-refractivity contribution in [3.05, 3.63) is 28.1 Å². The Morgan fingerprint density at radius 1 is 1.36 bits per heavy atom. The Hall–Kier alpha value is -1.14. The molecule has 0 saturated carbocycles.